The van der Waals surface area contributed by atoms with E-state index in [9.17, 15) is 9.59 Å². The lowest BCUT2D eigenvalue weighted by Crippen LogP contribution is -2.44. The van der Waals surface area contributed by atoms with Gasteiger partial charge in [0.25, 0.3) is 0 Å². The molecule has 1 atom stereocenters. The first kappa shape index (κ1) is 16.0. The summed E-state index contributed by atoms with van der Waals surface area (Å²) in [6, 6.07) is 0. The molecule has 1 rings (SSSR count). The summed E-state index contributed by atoms with van der Waals surface area (Å²) in [7, 11) is 0. The Hall–Kier alpha value is -1.10. The zero-order valence-corrected chi connectivity index (χ0v) is 12.1. The van der Waals surface area contributed by atoms with Gasteiger partial charge in [-0.3, -0.25) is 14.5 Å². The minimum absolute atomic E-state index is 0.0537. The van der Waals surface area contributed by atoms with Crippen LogP contribution in [0.4, 0.5) is 0 Å². The third-order valence-corrected chi connectivity index (χ3v) is 3.35. The van der Waals surface area contributed by atoms with E-state index in [4.69, 9.17) is 4.74 Å². The number of piperidine rings is 1. The van der Waals surface area contributed by atoms with Crippen LogP contribution in [-0.2, 0) is 14.3 Å². The van der Waals surface area contributed by atoms with E-state index in [0.29, 0.717) is 19.7 Å². The van der Waals surface area contributed by atoms with Crippen LogP contribution < -0.4 is 5.32 Å². The third-order valence-electron chi connectivity index (χ3n) is 3.35. The Morgan fingerprint density at radius 1 is 1.37 bits per heavy atom. The van der Waals surface area contributed by atoms with Crippen LogP contribution in [0, 0.1) is 5.92 Å². The van der Waals surface area contributed by atoms with Crippen molar-refractivity contribution in [3.63, 3.8) is 0 Å². The summed E-state index contributed by atoms with van der Waals surface area (Å²) in [6.07, 6.45) is 3.91. The van der Waals surface area contributed by atoms with E-state index in [1.165, 1.54) is 0 Å². The number of nitrogens with zero attached hydrogens (tertiary/aromatic N) is 1. The van der Waals surface area contributed by atoms with Crippen molar-refractivity contribution in [3.8, 4) is 0 Å². The molecule has 19 heavy (non-hydrogen) atoms. The predicted octanol–water partition coefficient (Wildman–Crippen LogP) is 1.18. The van der Waals surface area contributed by atoms with E-state index in [1.807, 2.05) is 11.8 Å². The first-order valence-corrected chi connectivity index (χ1v) is 7.33. The molecule has 5 heteroatoms. The van der Waals surface area contributed by atoms with E-state index in [2.05, 4.69) is 12.2 Å². The maximum atomic E-state index is 11.7. The van der Waals surface area contributed by atoms with Crippen LogP contribution in [0.2, 0.25) is 0 Å². The number of ether oxygens (including phenoxy) is 1. The molecular weight excluding hydrogens is 244 g/mol. The monoisotopic (exact) mass is 270 g/mol. The van der Waals surface area contributed by atoms with E-state index in [-0.39, 0.29) is 17.8 Å². The topological polar surface area (TPSA) is 58.6 Å². The number of hydrogen-bond acceptors (Lipinski definition) is 4. The lowest BCUT2D eigenvalue weighted by Gasteiger charge is -2.30. The van der Waals surface area contributed by atoms with Crippen LogP contribution in [0.25, 0.3) is 0 Å². The van der Waals surface area contributed by atoms with Gasteiger partial charge in [-0.1, -0.05) is 13.3 Å². The molecule has 1 aliphatic rings. The molecule has 1 N–H and O–H groups in total. The quantitative estimate of drug-likeness (QED) is 0.557. The fourth-order valence-electron chi connectivity index (χ4n) is 2.32. The molecule has 1 heterocycles. The van der Waals surface area contributed by atoms with Gasteiger partial charge in [0.1, 0.15) is 0 Å². The Kier molecular flexibility index (Phi) is 7.48. The molecule has 1 aliphatic heterocycles. The fraction of sp³-hybridized carbons (Fsp3) is 0.857. The number of carbonyl (C=O) groups excluding carboxylic acids is 2. The Bertz CT molecular complexity index is 294. The van der Waals surface area contributed by atoms with Gasteiger partial charge in [0.05, 0.1) is 19.1 Å². The molecule has 0 aromatic rings. The number of esters is 1. The van der Waals surface area contributed by atoms with Crippen LogP contribution in [0.15, 0.2) is 0 Å². The largest absolute Gasteiger partial charge is 0.466 e. The summed E-state index contributed by atoms with van der Waals surface area (Å²) in [5.41, 5.74) is 0. The average molecular weight is 270 g/mol. The van der Waals surface area contributed by atoms with Crippen molar-refractivity contribution in [2.45, 2.75) is 39.5 Å². The molecule has 1 amide bonds. The molecule has 0 bridgehead atoms. The molecule has 0 aromatic heterocycles. The summed E-state index contributed by atoms with van der Waals surface area (Å²) < 4.78 is 5.05. The highest BCUT2D eigenvalue weighted by atomic mass is 16.5. The van der Waals surface area contributed by atoms with Gasteiger partial charge in [0.2, 0.25) is 5.91 Å². The number of unbranched alkanes of at least 4 members (excludes halogenated alkanes) is 1. The molecule has 0 radical (unpaired) electrons. The van der Waals surface area contributed by atoms with Gasteiger partial charge in [0, 0.05) is 13.1 Å². The number of nitrogens with one attached hydrogen (secondary N) is 1. The maximum Gasteiger partial charge on any atom is 0.310 e. The van der Waals surface area contributed by atoms with Crippen LogP contribution in [0.3, 0.4) is 0 Å². The standard InChI is InChI=1S/C14H26N2O3/c1-3-5-8-15-13(17)11-16-9-6-7-12(10-16)14(18)19-4-2/h12H,3-11H2,1-2H3,(H,15,17). The van der Waals surface area contributed by atoms with Crippen molar-refractivity contribution < 1.29 is 14.3 Å². The van der Waals surface area contributed by atoms with Gasteiger partial charge < -0.3 is 10.1 Å². The normalized spacial score (nSPS) is 20.0. The summed E-state index contributed by atoms with van der Waals surface area (Å²) in [6.45, 7) is 6.99. The van der Waals surface area contributed by atoms with Gasteiger partial charge in [-0.2, -0.15) is 0 Å². The van der Waals surface area contributed by atoms with Crippen LogP contribution in [-0.4, -0.2) is 49.6 Å². The van der Waals surface area contributed by atoms with E-state index < -0.39 is 0 Å². The second-order valence-electron chi connectivity index (χ2n) is 5.03. The van der Waals surface area contributed by atoms with Gasteiger partial charge in [-0.05, 0) is 32.7 Å². The fourth-order valence-corrected chi connectivity index (χ4v) is 2.32. The van der Waals surface area contributed by atoms with Crippen molar-refractivity contribution >= 4 is 11.9 Å². The van der Waals surface area contributed by atoms with Crippen molar-refractivity contribution in [2.75, 3.05) is 32.8 Å². The second-order valence-corrected chi connectivity index (χ2v) is 5.03. The van der Waals surface area contributed by atoms with Crippen LogP contribution in [0.1, 0.15) is 39.5 Å². The highest BCUT2D eigenvalue weighted by Gasteiger charge is 2.27. The minimum atomic E-state index is -0.126. The predicted molar refractivity (Wildman–Crippen MR) is 73.7 cm³/mol. The molecular formula is C14H26N2O3. The number of rotatable bonds is 7. The van der Waals surface area contributed by atoms with E-state index in [0.717, 1.165) is 38.8 Å². The molecule has 1 fully saturated rings. The number of carbonyl (C=O) groups is 2. The zero-order chi connectivity index (χ0) is 14.1. The zero-order valence-electron chi connectivity index (χ0n) is 12.1. The third kappa shape index (κ3) is 6.05. The number of hydrogen-bond donors (Lipinski definition) is 1. The smallest absolute Gasteiger partial charge is 0.310 e. The SMILES string of the molecule is CCCCNC(=O)CN1CCCC(C(=O)OCC)C1. The highest BCUT2D eigenvalue weighted by molar-refractivity contribution is 5.78. The van der Waals surface area contributed by atoms with Crippen LogP contribution in [0.5, 0.6) is 0 Å². The van der Waals surface area contributed by atoms with Crippen molar-refractivity contribution in [3.05, 3.63) is 0 Å². The van der Waals surface area contributed by atoms with Gasteiger partial charge in [-0.15, -0.1) is 0 Å². The molecule has 1 unspecified atom stereocenters. The second kappa shape index (κ2) is 8.91. The summed E-state index contributed by atoms with van der Waals surface area (Å²) in [4.78, 5) is 25.5. The molecule has 0 spiro atoms. The maximum absolute atomic E-state index is 11.7. The Labute approximate surface area is 115 Å². The highest BCUT2D eigenvalue weighted by Crippen LogP contribution is 2.17. The molecule has 0 aliphatic carbocycles. The van der Waals surface area contributed by atoms with Gasteiger partial charge in [-0.25, -0.2) is 0 Å². The summed E-state index contributed by atoms with van der Waals surface area (Å²) in [5.74, 6) is -0.145. The van der Waals surface area contributed by atoms with Crippen molar-refractivity contribution in [1.82, 2.24) is 10.2 Å². The lowest BCUT2D eigenvalue weighted by atomic mass is 9.98. The van der Waals surface area contributed by atoms with Gasteiger partial charge >= 0.3 is 5.97 Å². The molecule has 5 nitrogen and oxygen atoms in total. The number of likely N-dealkylation sites (tertiary alicyclic amines) is 1. The number of amides is 1. The van der Waals surface area contributed by atoms with E-state index >= 15 is 0 Å². The molecule has 0 aromatic carbocycles. The Balaban J connectivity index is 2.30. The van der Waals surface area contributed by atoms with Crippen LogP contribution >= 0.6 is 0 Å². The molecule has 0 saturated carbocycles. The lowest BCUT2D eigenvalue weighted by molar-refractivity contribution is -0.150. The average Bonchev–Trinajstić information content (AvgIpc) is 2.39. The molecule has 110 valence electrons. The van der Waals surface area contributed by atoms with Crippen molar-refractivity contribution in [1.29, 1.82) is 0 Å². The summed E-state index contributed by atoms with van der Waals surface area (Å²) >= 11 is 0. The van der Waals surface area contributed by atoms with Crippen molar-refractivity contribution in [2.24, 2.45) is 5.92 Å². The first-order chi connectivity index (χ1) is 9.17. The summed E-state index contributed by atoms with van der Waals surface area (Å²) in [5, 5.41) is 2.90. The van der Waals surface area contributed by atoms with E-state index in [1.54, 1.807) is 0 Å². The Morgan fingerprint density at radius 3 is 2.84 bits per heavy atom. The van der Waals surface area contributed by atoms with Gasteiger partial charge in [0.15, 0.2) is 0 Å². The first-order valence-electron chi connectivity index (χ1n) is 7.33. The molecule has 1 saturated heterocycles. The minimum Gasteiger partial charge on any atom is -0.466 e. The Morgan fingerprint density at radius 2 is 2.16 bits per heavy atom.